The van der Waals surface area contributed by atoms with Crippen LogP contribution >= 0.6 is 0 Å². The summed E-state index contributed by atoms with van der Waals surface area (Å²) < 4.78 is 0. The Kier molecular flexibility index (Phi) is 4.57. The van der Waals surface area contributed by atoms with E-state index in [1.54, 1.807) is 16.7 Å². The lowest BCUT2D eigenvalue weighted by Crippen LogP contribution is -2.40. The van der Waals surface area contributed by atoms with E-state index in [2.05, 4.69) is 42.6 Å². The molecule has 0 amide bonds. The summed E-state index contributed by atoms with van der Waals surface area (Å²) in [5, 5.41) is 3.84. The van der Waals surface area contributed by atoms with Gasteiger partial charge in [-0.15, -0.1) is 0 Å². The van der Waals surface area contributed by atoms with Gasteiger partial charge in [0.25, 0.3) is 0 Å². The lowest BCUT2D eigenvalue weighted by molar-refractivity contribution is 0.349. The Morgan fingerprint density at radius 3 is 2.80 bits per heavy atom. The largest absolute Gasteiger partial charge is 0.310 e. The minimum absolute atomic E-state index is 0.630. The number of hydrogen-bond acceptors (Lipinski definition) is 1. The van der Waals surface area contributed by atoms with Gasteiger partial charge in [-0.05, 0) is 68.5 Å². The van der Waals surface area contributed by atoms with Gasteiger partial charge in [-0.3, -0.25) is 0 Å². The van der Waals surface area contributed by atoms with Gasteiger partial charge in [0.2, 0.25) is 0 Å². The van der Waals surface area contributed by atoms with Crippen molar-refractivity contribution in [2.75, 3.05) is 6.54 Å². The average molecular weight is 269 g/mol. The van der Waals surface area contributed by atoms with Gasteiger partial charge in [0.15, 0.2) is 0 Å². The quantitative estimate of drug-likeness (QED) is 0.787. The Bertz CT molecular complexity index is 474. The number of fused-ring (bicyclic) bond motifs is 1. The van der Waals surface area contributed by atoms with Crippen LogP contribution in [0.1, 0.15) is 50.2 Å². The summed E-state index contributed by atoms with van der Waals surface area (Å²) in [4.78, 5) is 0. The number of allylic oxidation sites excluding steroid dienone is 1. The zero-order valence-electron chi connectivity index (χ0n) is 12.7. The second kappa shape index (κ2) is 6.58. The first-order valence-corrected chi connectivity index (χ1v) is 8.37. The number of nitrogens with one attached hydrogen (secondary N) is 1. The van der Waals surface area contributed by atoms with Crippen molar-refractivity contribution in [1.29, 1.82) is 0 Å². The van der Waals surface area contributed by atoms with E-state index >= 15 is 0 Å². The van der Waals surface area contributed by atoms with Crippen molar-refractivity contribution < 1.29 is 0 Å². The minimum Gasteiger partial charge on any atom is -0.310 e. The molecular weight excluding hydrogens is 242 g/mol. The summed E-state index contributed by atoms with van der Waals surface area (Å²) >= 11 is 0. The van der Waals surface area contributed by atoms with E-state index in [1.807, 2.05) is 0 Å². The molecule has 0 aliphatic heterocycles. The fourth-order valence-corrected chi connectivity index (χ4v) is 3.89. The van der Waals surface area contributed by atoms with Crippen molar-refractivity contribution in [2.24, 2.45) is 5.92 Å². The fraction of sp³-hybridized carbons (Fsp3) is 0.579. The SMILES string of the molecule is CCCNC(C1=CCCC1)C1CCc2ccccc2C1. The summed E-state index contributed by atoms with van der Waals surface area (Å²) in [5.74, 6) is 0.792. The number of benzene rings is 1. The molecule has 0 fully saturated rings. The molecule has 1 aromatic carbocycles. The molecule has 0 aromatic heterocycles. The summed E-state index contributed by atoms with van der Waals surface area (Å²) in [6.45, 7) is 3.42. The first-order valence-electron chi connectivity index (χ1n) is 8.37. The molecule has 2 unspecified atom stereocenters. The molecule has 0 bridgehead atoms. The predicted molar refractivity (Wildman–Crippen MR) is 86.0 cm³/mol. The maximum atomic E-state index is 3.84. The van der Waals surface area contributed by atoms with Crippen molar-refractivity contribution in [1.82, 2.24) is 5.32 Å². The highest BCUT2D eigenvalue weighted by Crippen LogP contribution is 2.33. The Hall–Kier alpha value is -1.08. The third-order valence-electron chi connectivity index (χ3n) is 4.95. The molecule has 0 saturated carbocycles. The van der Waals surface area contributed by atoms with Crippen LogP contribution in [-0.4, -0.2) is 12.6 Å². The van der Waals surface area contributed by atoms with Crippen LogP contribution < -0.4 is 5.32 Å². The Balaban J connectivity index is 1.75. The van der Waals surface area contributed by atoms with Gasteiger partial charge in [-0.1, -0.05) is 42.8 Å². The second-order valence-corrected chi connectivity index (χ2v) is 6.37. The van der Waals surface area contributed by atoms with Crippen LogP contribution in [0.4, 0.5) is 0 Å². The molecule has 1 heteroatoms. The van der Waals surface area contributed by atoms with Gasteiger partial charge >= 0.3 is 0 Å². The van der Waals surface area contributed by atoms with E-state index in [-0.39, 0.29) is 0 Å². The Morgan fingerprint density at radius 1 is 1.20 bits per heavy atom. The number of aryl methyl sites for hydroxylation is 1. The summed E-state index contributed by atoms with van der Waals surface area (Å²) in [7, 11) is 0. The topological polar surface area (TPSA) is 12.0 Å². The summed E-state index contributed by atoms with van der Waals surface area (Å²) in [6.07, 6.45) is 11.6. The van der Waals surface area contributed by atoms with Gasteiger partial charge in [0, 0.05) is 6.04 Å². The van der Waals surface area contributed by atoms with Gasteiger partial charge in [-0.25, -0.2) is 0 Å². The van der Waals surface area contributed by atoms with Crippen molar-refractivity contribution in [3.05, 3.63) is 47.0 Å². The van der Waals surface area contributed by atoms with Gasteiger partial charge in [-0.2, -0.15) is 0 Å². The Labute approximate surface area is 123 Å². The number of rotatable bonds is 5. The molecule has 0 spiro atoms. The van der Waals surface area contributed by atoms with Gasteiger partial charge in [0.05, 0.1) is 0 Å². The molecule has 0 heterocycles. The van der Waals surface area contributed by atoms with Crippen LogP contribution in [0.15, 0.2) is 35.9 Å². The molecular formula is C19H27N. The Morgan fingerprint density at radius 2 is 2.05 bits per heavy atom. The van der Waals surface area contributed by atoms with E-state index in [0.717, 1.165) is 12.5 Å². The molecule has 108 valence electrons. The second-order valence-electron chi connectivity index (χ2n) is 6.37. The normalized spacial score (nSPS) is 23.2. The molecule has 2 atom stereocenters. The molecule has 2 aliphatic carbocycles. The highest BCUT2D eigenvalue weighted by atomic mass is 14.9. The van der Waals surface area contributed by atoms with Crippen molar-refractivity contribution in [3.63, 3.8) is 0 Å². The maximum absolute atomic E-state index is 3.84. The van der Waals surface area contributed by atoms with E-state index in [4.69, 9.17) is 0 Å². The zero-order chi connectivity index (χ0) is 13.8. The van der Waals surface area contributed by atoms with Crippen molar-refractivity contribution in [3.8, 4) is 0 Å². The molecule has 1 aromatic rings. The molecule has 1 N–H and O–H groups in total. The van der Waals surface area contributed by atoms with Crippen LogP contribution in [0.2, 0.25) is 0 Å². The minimum atomic E-state index is 0.630. The average Bonchev–Trinajstić information content (AvgIpc) is 3.02. The van der Waals surface area contributed by atoms with Crippen LogP contribution in [-0.2, 0) is 12.8 Å². The standard InChI is InChI=1S/C19H27N/c1-2-13-20-19(16-8-4-5-9-16)18-12-11-15-7-3-6-10-17(15)14-18/h3,6-8,10,18-20H,2,4-5,9,11-14H2,1H3. The third kappa shape index (κ3) is 2.98. The fourth-order valence-electron chi connectivity index (χ4n) is 3.89. The lowest BCUT2D eigenvalue weighted by atomic mass is 9.77. The molecule has 0 radical (unpaired) electrons. The third-order valence-corrected chi connectivity index (χ3v) is 4.95. The monoisotopic (exact) mass is 269 g/mol. The zero-order valence-corrected chi connectivity index (χ0v) is 12.7. The van der Waals surface area contributed by atoms with E-state index in [1.165, 1.54) is 44.9 Å². The van der Waals surface area contributed by atoms with Gasteiger partial charge < -0.3 is 5.32 Å². The van der Waals surface area contributed by atoms with E-state index < -0.39 is 0 Å². The molecule has 20 heavy (non-hydrogen) atoms. The van der Waals surface area contributed by atoms with E-state index in [9.17, 15) is 0 Å². The van der Waals surface area contributed by atoms with Crippen LogP contribution in [0.25, 0.3) is 0 Å². The van der Waals surface area contributed by atoms with Crippen molar-refractivity contribution >= 4 is 0 Å². The highest BCUT2D eigenvalue weighted by Gasteiger charge is 2.28. The first kappa shape index (κ1) is 13.9. The summed E-state index contributed by atoms with van der Waals surface area (Å²) in [6, 6.07) is 9.66. The molecule has 2 aliphatic rings. The van der Waals surface area contributed by atoms with Gasteiger partial charge in [0.1, 0.15) is 0 Å². The van der Waals surface area contributed by atoms with Crippen LogP contribution in [0.5, 0.6) is 0 Å². The highest BCUT2D eigenvalue weighted by molar-refractivity contribution is 5.31. The van der Waals surface area contributed by atoms with Crippen LogP contribution in [0, 0.1) is 5.92 Å². The first-order chi connectivity index (χ1) is 9.88. The smallest absolute Gasteiger partial charge is 0.0311 e. The molecule has 1 nitrogen and oxygen atoms in total. The number of hydrogen-bond donors (Lipinski definition) is 1. The lowest BCUT2D eigenvalue weighted by Gasteiger charge is -2.33. The van der Waals surface area contributed by atoms with E-state index in [0.29, 0.717) is 6.04 Å². The summed E-state index contributed by atoms with van der Waals surface area (Å²) in [5.41, 5.74) is 4.87. The predicted octanol–water partition coefficient (Wildman–Crippen LogP) is 4.27. The van der Waals surface area contributed by atoms with Crippen LogP contribution in [0.3, 0.4) is 0 Å². The molecule has 3 rings (SSSR count). The maximum Gasteiger partial charge on any atom is 0.0311 e. The molecule has 0 saturated heterocycles. The van der Waals surface area contributed by atoms with Crippen molar-refractivity contribution in [2.45, 2.75) is 57.9 Å².